The van der Waals surface area contributed by atoms with Crippen LogP contribution in [0.15, 0.2) is 48.5 Å². The van der Waals surface area contributed by atoms with Crippen LogP contribution in [0.3, 0.4) is 0 Å². The molecule has 2 aromatic rings. The zero-order valence-corrected chi connectivity index (χ0v) is 19.7. The van der Waals surface area contributed by atoms with Crippen LogP contribution < -0.4 is 10.1 Å². The minimum atomic E-state index is -0.570. The summed E-state index contributed by atoms with van der Waals surface area (Å²) in [5.41, 5.74) is 2.12. The first-order chi connectivity index (χ1) is 14.4. The van der Waals surface area contributed by atoms with E-state index < -0.39 is 6.04 Å². The van der Waals surface area contributed by atoms with Crippen molar-refractivity contribution in [3.63, 3.8) is 0 Å². The number of nitrogens with zero attached hydrogens (tertiary/aromatic N) is 1. The van der Waals surface area contributed by atoms with Gasteiger partial charge in [0.15, 0.2) is 6.61 Å². The Bertz CT molecular complexity index is 863. The van der Waals surface area contributed by atoms with E-state index in [1.165, 1.54) is 0 Å². The van der Waals surface area contributed by atoms with E-state index in [2.05, 4.69) is 27.9 Å². The second-order valence-electron chi connectivity index (χ2n) is 7.92. The minimum Gasteiger partial charge on any atom is -0.484 e. The van der Waals surface area contributed by atoms with E-state index in [9.17, 15) is 9.59 Å². The van der Waals surface area contributed by atoms with Crippen LogP contribution in [-0.4, -0.2) is 35.4 Å². The maximum atomic E-state index is 13.1. The number of halogens is 1. The third kappa shape index (κ3) is 6.45. The molecular weight excluding hydrogens is 491 g/mol. The van der Waals surface area contributed by atoms with Gasteiger partial charge in [0.1, 0.15) is 11.8 Å². The lowest BCUT2D eigenvalue weighted by Gasteiger charge is -2.29. The topological polar surface area (TPSA) is 58.6 Å². The van der Waals surface area contributed by atoms with Crippen molar-refractivity contribution in [1.29, 1.82) is 0 Å². The predicted molar refractivity (Wildman–Crippen MR) is 126 cm³/mol. The summed E-state index contributed by atoms with van der Waals surface area (Å²) < 4.78 is 6.80. The Kier molecular flexibility index (Phi) is 8.13. The van der Waals surface area contributed by atoms with Crippen molar-refractivity contribution in [2.45, 2.75) is 58.2 Å². The van der Waals surface area contributed by atoms with Crippen molar-refractivity contribution in [1.82, 2.24) is 10.2 Å². The SMILES string of the molecule is Cc1cccc(CN(C(=O)COc2ccc(I)cc2)[C@H](C)C(=O)NC2CCCC2)c1. The molecule has 160 valence electrons. The van der Waals surface area contributed by atoms with Gasteiger partial charge in [0.25, 0.3) is 5.91 Å². The second kappa shape index (κ2) is 10.8. The first-order valence-electron chi connectivity index (χ1n) is 10.5. The van der Waals surface area contributed by atoms with Gasteiger partial charge in [0, 0.05) is 16.2 Å². The third-order valence-corrected chi connectivity index (χ3v) is 6.20. The normalized spacial score (nSPS) is 14.9. The number of carbonyl (C=O) groups is 2. The molecule has 0 heterocycles. The average molecular weight is 520 g/mol. The fourth-order valence-electron chi connectivity index (χ4n) is 3.74. The summed E-state index contributed by atoms with van der Waals surface area (Å²) in [5.74, 6) is 0.337. The highest BCUT2D eigenvalue weighted by atomic mass is 127. The lowest BCUT2D eigenvalue weighted by molar-refractivity contribution is -0.142. The summed E-state index contributed by atoms with van der Waals surface area (Å²) in [6, 6.07) is 15.2. The van der Waals surface area contributed by atoms with E-state index in [1.54, 1.807) is 11.8 Å². The standard InChI is InChI=1S/C24H29IN2O3/c1-17-6-5-7-19(14-17)15-27(18(2)24(29)26-21-8-3-4-9-21)23(28)16-30-22-12-10-20(25)11-13-22/h5-7,10-14,18,21H,3-4,8-9,15-16H2,1-2H3,(H,26,29)/t18-/m1/s1. The smallest absolute Gasteiger partial charge is 0.261 e. The third-order valence-electron chi connectivity index (χ3n) is 5.48. The van der Waals surface area contributed by atoms with Gasteiger partial charge >= 0.3 is 0 Å². The van der Waals surface area contributed by atoms with Crippen LogP contribution in [0.1, 0.15) is 43.7 Å². The predicted octanol–water partition coefficient (Wildman–Crippen LogP) is 4.45. The lowest BCUT2D eigenvalue weighted by Crippen LogP contribution is -2.50. The first-order valence-corrected chi connectivity index (χ1v) is 11.5. The van der Waals surface area contributed by atoms with E-state index >= 15 is 0 Å². The number of ether oxygens (including phenoxy) is 1. The first kappa shape index (κ1) is 22.6. The molecule has 2 aromatic carbocycles. The Hall–Kier alpha value is -2.09. The summed E-state index contributed by atoms with van der Waals surface area (Å²) in [6.07, 6.45) is 4.32. The van der Waals surface area contributed by atoms with E-state index in [0.717, 1.165) is 40.4 Å². The molecule has 1 saturated carbocycles. The molecule has 0 spiro atoms. The Morgan fingerprint density at radius 1 is 1.17 bits per heavy atom. The monoisotopic (exact) mass is 520 g/mol. The summed E-state index contributed by atoms with van der Waals surface area (Å²) in [4.78, 5) is 27.6. The van der Waals surface area contributed by atoms with Crippen LogP contribution in [0.25, 0.3) is 0 Å². The molecule has 30 heavy (non-hydrogen) atoms. The molecular formula is C24H29IN2O3. The van der Waals surface area contributed by atoms with Gasteiger partial charge in [0.05, 0.1) is 0 Å². The Labute approximate surface area is 192 Å². The molecule has 5 nitrogen and oxygen atoms in total. The van der Waals surface area contributed by atoms with Crippen LogP contribution in [0, 0.1) is 10.5 Å². The van der Waals surface area contributed by atoms with Crippen LogP contribution in [0.2, 0.25) is 0 Å². The molecule has 1 fully saturated rings. The van der Waals surface area contributed by atoms with Gasteiger partial charge < -0.3 is 15.0 Å². The van der Waals surface area contributed by atoms with Crippen LogP contribution >= 0.6 is 22.6 Å². The number of carbonyl (C=O) groups excluding carboxylic acids is 2. The molecule has 1 N–H and O–H groups in total. The van der Waals surface area contributed by atoms with E-state index in [4.69, 9.17) is 4.74 Å². The van der Waals surface area contributed by atoms with Gasteiger partial charge in [0.2, 0.25) is 5.91 Å². The van der Waals surface area contributed by atoms with Gasteiger partial charge in [-0.05, 0) is 79.1 Å². The molecule has 3 rings (SSSR count). The van der Waals surface area contributed by atoms with Crippen LogP contribution in [-0.2, 0) is 16.1 Å². The quantitative estimate of drug-likeness (QED) is 0.524. The molecule has 1 aliphatic carbocycles. The number of nitrogens with one attached hydrogen (secondary N) is 1. The number of hydrogen-bond acceptors (Lipinski definition) is 3. The molecule has 6 heteroatoms. The Morgan fingerprint density at radius 2 is 1.87 bits per heavy atom. The average Bonchev–Trinajstić information content (AvgIpc) is 3.24. The fourth-order valence-corrected chi connectivity index (χ4v) is 4.10. The fraction of sp³-hybridized carbons (Fsp3) is 0.417. The van der Waals surface area contributed by atoms with E-state index in [1.807, 2.05) is 55.5 Å². The number of benzene rings is 2. The Morgan fingerprint density at radius 3 is 2.53 bits per heavy atom. The maximum absolute atomic E-state index is 13.1. The summed E-state index contributed by atoms with van der Waals surface area (Å²) >= 11 is 2.22. The number of aryl methyl sites for hydroxylation is 1. The molecule has 0 radical (unpaired) electrons. The molecule has 1 aliphatic rings. The van der Waals surface area contributed by atoms with E-state index in [-0.39, 0.29) is 24.5 Å². The largest absolute Gasteiger partial charge is 0.484 e. The van der Waals surface area contributed by atoms with Gasteiger partial charge in [-0.1, -0.05) is 42.7 Å². The minimum absolute atomic E-state index is 0.0998. The van der Waals surface area contributed by atoms with Crippen LogP contribution in [0.5, 0.6) is 5.75 Å². The Balaban J connectivity index is 1.70. The molecule has 2 amide bonds. The molecule has 0 aliphatic heterocycles. The summed E-state index contributed by atoms with van der Waals surface area (Å²) in [6.45, 7) is 4.08. The van der Waals surface area contributed by atoms with Crippen molar-refractivity contribution < 1.29 is 14.3 Å². The van der Waals surface area contributed by atoms with Crippen LogP contribution in [0.4, 0.5) is 0 Å². The highest BCUT2D eigenvalue weighted by Crippen LogP contribution is 2.19. The zero-order valence-electron chi connectivity index (χ0n) is 17.6. The van der Waals surface area contributed by atoms with Crippen molar-refractivity contribution in [3.8, 4) is 5.75 Å². The number of hydrogen-bond donors (Lipinski definition) is 1. The molecule has 1 atom stereocenters. The van der Waals surface area contributed by atoms with Crippen molar-refractivity contribution >= 4 is 34.4 Å². The number of rotatable bonds is 8. The summed E-state index contributed by atoms with van der Waals surface area (Å²) in [7, 11) is 0. The van der Waals surface area contributed by atoms with Crippen molar-refractivity contribution in [3.05, 3.63) is 63.2 Å². The van der Waals surface area contributed by atoms with Gasteiger partial charge in [-0.2, -0.15) is 0 Å². The zero-order chi connectivity index (χ0) is 21.5. The molecule has 0 unspecified atom stereocenters. The molecule has 0 aromatic heterocycles. The van der Waals surface area contributed by atoms with Gasteiger partial charge in [-0.25, -0.2) is 0 Å². The van der Waals surface area contributed by atoms with Gasteiger partial charge in [-0.15, -0.1) is 0 Å². The highest BCUT2D eigenvalue weighted by Gasteiger charge is 2.28. The van der Waals surface area contributed by atoms with Crippen molar-refractivity contribution in [2.75, 3.05) is 6.61 Å². The maximum Gasteiger partial charge on any atom is 0.261 e. The molecule has 0 saturated heterocycles. The molecule has 0 bridgehead atoms. The second-order valence-corrected chi connectivity index (χ2v) is 9.16. The summed E-state index contributed by atoms with van der Waals surface area (Å²) in [5, 5.41) is 3.12. The van der Waals surface area contributed by atoms with Crippen molar-refractivity contribution in [2.24, 2.45) is 0 Å². The van der Waals surface area contributed by atoms with Gasteiger partial charge in [-0.3, -0.25) is 9.59 Å². The van der Waals surface area contributed by atoms with E-state index in [0.29, 0.717) is 12.3 Å². The highest BCUT2D eigenvalue weighted by molar-refractivity contribution is 14.1. The number of amides is 2. The lowest BCUT2D eigenvalue weighted by atomic mass is 10.1.